The minimum atomic E-state index is 0.156. The van der Waals surface area contributed by atoms with Crippen LogP contribution in [-0.4, -0.2) is 29.8 Å². The van der Waals surface area contributed by atoms with E-state index in [1.165, 1.54) is 11.3 Å². The number of alkyl halides is 1. The van der Waals surface area contributed by atoms with Crippen LogP contribution in [0.15, 0.2) is 15.9 Å². The Balaban J connectivity index is 1.96. The van der Waals surface area contributed by atoms with Crippen molar-refractivity contribution in [3.8, 4) is 0 Å². The summed E-state index contributed by atoms with van der Waals surface area (Å²) in [5, 5.41) is 0. The van der Waals surface area contributed by atoms with Crippen molar-refractivity contribution in [1.82, 2.24) is 4.90 Å². The molecule has 1 fully saturated rings. The zero-order valence-corrected chi connectivity index (χ0v) is 11.9. The monoisotopic (exact) mass is 321 g/mol. The molecule has 2 rings (SSSR count). The molecule has 5 heteroatoms. The van der Waals surface area contributed by atoms with Gasteiger partial charge in [0.15, 0.2) is 0 Å². The molecule has 0 radical (unpaired) electrons. The number of hydrogen-bond donors (Lipinski definition) is 0. The summed E-state index contributed by atoms with van der Waals surface area (Å²) in [6, 6.07) is 3.80. The molecule has 16 heavy (non-hydrogen) atoms. The van der Waals surface area contributed by atoms with Crippen molar-refractivity contribution in [1.29, 1.82) is 0 Å². The Labute approximate surface area is 113 Å². The van der Waals surface area contributed by atoms with Crippen molar-refractivity contribution in [2.24, 2.45) is 5.92 Å². The van der Waals surface area contributed by atoms with E-state index in [0.717, 1.165) is 34.6 Å². The molecule has 0 aromatic carbocycles. The Bertz CT molecular complexity index is 374. The van der Waals surface area contributed by atoms with Crippen LogP contribution in [0.5, 0.6) is 0 Å². The summed E-state index contributed by atoms with van der Waals surface area (Å²) in [5.74, 6) is 1.46. The third-order valence-electron chi connectivity index (χ3n) is 2.90. The second-order valence-electron chi connectivity index (χ2n) is 3.99. The van der Waals surface area contributed by atoms with E-state index >= 15 is 0 Å². The molecule has 0 N–H and O–H groups in total. The summed E-state index contributed by atoms with van der Waals surface area (Å²) in [4.78, 5) is 14.8. The lowest BCUT2D eigenvalue weighted by molar-refractivity contribution is 0.0703. The predicted molar refractivity (Wildman–Crippen MR) is 71.4 cm³/mol. The summed E-state index contributed by atoms with van der Waals surface area (Å²) in [5.41, 5.74) is 0. The number of carbonyl (C=O) groups is 1. The molecule has 88 valence electrons. The highest BCUT2D eigenvalue weighted by Gasteiger charge is 2.23. The fourth-order valence-electron chi connectivity index (χ4n) is 1.88. The first kappa shape index (κ1) is 12.4. The SMILES string of the molecule is O=C(c1ccc(Br)s1)N1CCC(CCl)CC1. The lowest BCUT2D eigenvalue weighted by Gasteiger charge is -2.30. The van der Waals surface area contributed by atoms with Crippen LogP contribution in [0.25, 0.3) is 0 Å². The van der Waals surface area contributed by atoms with Crippen molar-refractivity contribution in [2.45, 2.75) is 12.8 Å². The molecule has 1 aromatic heterocycles. The molecule has 1 saturated heterocycles. The van der Waals surface area contributed by atoms with Gasteiger partial charge < -0.3 is 4.90 Å². The number of likely N-dealkylation sites (tertiary alicyclic amines) is 1. The number of rotatable bonds is 2. The van der Waals surface area contributed by atoms with Gasteiger partial charge in [-0.05, 0) is 46.8 Å². The molecule has 0 aliphatic carbocycles. The highest BCUT2D eigenvalue weighted by Crippen LogP contribution is 2.25. The molecule has 0 atom stereocenters. The molecule has 1 aliphatic heterocycles. The highest BCUT2D eigenvalue weighted by molar-refractivity contribution is 9.11. The Morgan fingerprint density at radius 2 is 2.19 bits per heavy atom. The molecule has 0 unspecified atom stereocenters. The Hall–Kier alpha value is -0.0600. The number of carbonyl (C=O) groups excluding carboxylic acids is 1. The first-order valence-corrected chi connectivity index (χ1v) is 7.45. The van der Waals surface area contributed by atoms with Crippen LogP contribution >= 0.6 is 38.9 Å². The van der Waals surface area contributed by atoms with Gasteiger partial charge in [-0.2, -0.15) is 0 Å². The van der Waals surface area contributed by atoms with Crippen LogP contribution < -0.4 is 0 Å². The van der Waals surface area contributed by atoms with E-state index in [2.05, 4.69) is 15.9 Å². The van der Waals surface area contributed by atoms with Gasteiger partial charge in [-0.1, -0.05) is 0 Å². The summed E-state index contributed by atoms with van der Waals surface area (Å²) < 4.78 is 1.01. The highest BCUT2D eigenvalue weighted by atomic mass is 79.9. The lowest BCUT2D eigenvalue weighted by Crippen LogP contribution is -2.38. The fourth-order valence-corrected chi connectivity index (χ4v) is 3.54. The molecule has 1 aliphatic rings. The minimum Gasteiger partial charge on any atom is -0.338 e. The van der Waals surface area contributed by atoms with Crippen molar-refractivity contribution >= 4 is 44.8 Å². The van der Waals surface area contributed by atoms with Crippen LogP contribution in [0.3, 0.4) is 0 Å². The van der Waals surface area contributed by atoms with Gasteiger partial charge in [0.2, 0.25) is 0 Å². The second-order valence-corrected chi connectivity index (χ2v) is 6.77. The lowest BCUT2D eigenvalue weighted by atomic mass is 9.99. The first-order chi connectivity index (χ1) is 7.70. The molecule has 2 heterocycles. The van der Waals surface area contributed by atoms with E-state index in [1.807, 2.05) is 17.0 Å². The number of amides is 1. The van der Waals surface area contributed by atoms with Gasteiger partial charge in [0.1, 0.15) is 0 Å². The topological polar surface area (TPSA) is 20.3 Å². The summed E-state index contributed by atoms with van der Waals surface area (Å²) in [6.45, 7) is 1.68. The number of hydrogen-bond acceptors (Lipinski definition) is 2. The summed E-state index contributed by atoms with van der Waals surface area (Å²) in [6.07, 6.45) is 2.06. The third-order valence-corrected chi connectivity index (χ3v) is 4.95. The maximum absolute atomic E-state index is 12.1. The molecule has 2 nitrogen and oxygen atoms in total. The molecule has 1 aromatic rings. The van der Waals surface area contributed by atoms with E-state index in [4.69, 9.17) is 11.6 Å². The van der Waals surface area contributed by atoms with Crippen LogP contribution in [0.2, 0.25) is 0 Å². The van der Waals surface area contributed by atoms with Crippen LogP contribution in [0.1, 0.15) is 22.5 Å². The van der Waals surface area contributed by atoms with E-state index in [1.54, 1.807) is 0 Å². The van der Waals surface area contributed by atoms with E-state index in [9.17, 15) is 4.79 Å². The standard InChI is InChI=1S/C11H13BrClNOS/c12-10-2-1-9(16-10)11(15)14-5-3-8(7-13)4-6-14/h1-2,8H,3-7H2. The zero-order valence-electron chi connectivity index (χ0n) is 8.79. The molecule has 1 amide bonds. The number of halogens is 2. The summed E-state index contributed by atoms with van der Waals surface area (Å²) in [7, 11) is 0. The van der Waals surface area contributed by atoms with Gasteiger partial charge in [-0.3, -0.25) is 4.79 Å². The molecular formula is C11H13BrClNOS. The molecule has 0 bridgehead atoms. The second kappa shape index (κ2) is 5.52. The quantitative estimate of drug-likeness (QED) is 0.762. The van der Waals surface area contributed by atoms with Gasteiger partial charge in [0.05, 0.1) is 8.66 Å². The van der Waals surface area contributed by atoms with Gasteiger partial charge >= 0.3 is 0 Å². The van der Waals surface area contributed by atoms with Gasteiger partial charge in [-0.15, -0.1) is 22.9 Å². The normalized spacial score (nSPS) is 17.8. The van der Waals surface area contributed by atoms with Crippen LogP contribution in [0, 0.1) is 5.92 Å². The first-order valence-electron chi connectivity index (χ1n) is 5.31. The van der Waals surface area contributed by atoms with Gasteiger partial charge in [0.25, 0.3) is 5.91 Å². The molecule has 0 saturated carbocycles. The van der Waals surface area contributed by atoms with Crippen molar-refractivity contribution < 1.29 is 4.79 Å². The number of thiophene rings is 1. The van der Waals surface area contributed by atoms with Gasteiger partial charge in [-0.25, -0.2) is 0 Å². The predicted octanol–water partition coefficient (Wildman–Crippen LogP) is 3.60. The van der Waals surface area contributed by atoms with Crippen LogP contribution in [0.4, 0.5) is 0 Å². The van der Waals surface area contributed by atoms with Crippen molar-refractivity contribution in [3.63, 3.8) is 0 Å². The van der Waals surface area contributed by atoms with E-state index in [0.29, 0.717) is 11.8 Å². The number of piperidine rings is 1. The smallest absolute Gasteiger partial charge is 0.263 e. The van der Waals surface area contributed by atoms with Crippen molar-refractivity contribution in [2.75, 3.05) is 19.0 Å². The fraction of sp³-hybridized carbons (Fsp3) is 0.545. The van der Waals surface area contributed by atoms with Gasteiger partial charge in [0, 0.05) is 19.0 Å². The average Bonchev–Trinajstić information content (AvgIpc) is 2.75. The maximum Gasteiger partial charge on any atom is 0.263 e. The third kappa shape index (κ3) is 2.79. The average molecular weight is 323 g/mol. The minimum absolute atomic E-state index is 0.156. The van der Waals surface area contributed by atoms with E-state index < -0.39 is 0 Å². The molecular weight excluding hydrogens is 310 g/mol. The molecule has 0 spiro atoms. The van der Waals surface area contributed by atoms with E-state index in [-0.39, 0.29) is 5.91 Å². The van der Waals surface area contributed by atoms with Crippen molar-refractivity contribution in [3.05, 3.63) is 20.8 Å². The Morgan fingerprint density at radius 3 is 2.69 bits per heavy atom. The van der Waals surface area contributed by atoms with Crippen LogP contribution in [-0.2, 0) is 0 Å². The zero-order chi connectivity index (χ0) is 11.5. The Kier molecular flexibility index (Phi) is 4.27. The summed E-state index contributed by atoms with van der Waals surface area (Å²) >= 11 is 10.7. The Morgan fingerprint density at radius 1 is 1.50 bits per heavy atom. The number of nitrogens with zero attached hydrogens (tertiary/aromatic N) is 1. The largest absolute Gasteiger partial charge is 0.338 e. The maximum atomic E-state index is 12.1.